The molecule has 0 aliphatic heterocycles. The minimum atomic E-state index is -4.32. The third kappa shape index (κ3) is 4.67. The molecule has 0 bridgehead atoms. The molecule has 2 N–H and O–H groups in total. The van der Waals surface area contributed by atoms with Crippen LogP contribution in [0.1, 0.15) is 18.0 Å². The number of benzene rings is 1. The molecule has 0 unspecified atom stereocenters. The number of nitrogens with two attached hydrogens (primary N) is 1. The van der Waals surface area contributed by atoms with Gasteiger partial charge in [0, 0.05) is 6.04 Å². The second kappa shape index (κ2) is 5.84. The molecule has 16 heavy (non-hydrogen) atoms. The lowest BCUT2D eigenvalue weighted by atomic mass is 10.0. The van der Waals surface area contributed by atoms with E-state index in [1.807, 2.05) is 0 Å². The summed E-state index contributed by atoms with van der Waals surface area (Å²) < 4.78 is 48.9. The molecule has 0 aliphatic carbocycles. The Hall–Kier alpha value is -0.330. The Morgan fingerprint density at radius 1 is 1.31 bits per heavy atom. The Kier molecular flexibility index (Phi) is 5.72. The maximum atomic E-state index is 12.8. The normalized spacial score (nSPS) is 13.1. The van der Waals surface area contributed by atoms with Gasteiger partial charge in [0.05, 0.1) is 10.9 Å². The van der Waals surface area contributed by atoms with Crippen LogP contribution >= 0.6 is 28.3 Å². The molecule has 0 spiro atoms. The van der Waals surface area contributed by atoms with Gasteiger partial charge in [-0.15, -0.1) is 12.4 Å². The first-order chi connectivity index (χ1) is 6.79. The fourth-order valence-corrected chi connectivity index (χ4v) is 1.51. The van der Waals surface area contributed by atoms with Crippen molar-refractivity contribution in [2.45, 2.75) is 18.6 Å². The summed E-state index contributed by atoms with van der Waals surface area (Å²) in [6.07, 6.45) is -5.44. The molecule has 0 heterocycles. The summed E-state index contributed by atoms with van der Waals surface area (Å²) in [4.78, 5) is 0. The van der Waals surface area contributed by atoms with Crippen molar-refractivity contribution >= 4 is 28.3 Å². The van der Waals surface area contributed by atoms with Crippen molar-refractivity contribution in [3.05, 3.63) is 34.1 Å². The van der Waals surface area contributed by atoms with E-state index in [4.69, 9.17) is 5.73 Å². The molecule has 7 heteroatoms. The van der Waals surface area contributed by atoms with Crippen molar-refractivity contribution in [3.63, 3.8) is 0 Å². The van der Waals surface area contributed by atoms with E-state index in [2.05, 4.69) is 15.9 Å². The average Bonchev–Trinajstić information content (AvgIpc) is 2.06. The summed E-state index contributed by atoms with van der Waals surface area (Å²) in [5.41, 5.74) is 5.59. The fourth-order valence-electron chi connectivity index (χ4n) is 1.11. The zero-order valence-corrected chi connectivity index (χ0v) is 10.3. The molecule has 92 valence electrons. The Morgan fingerprint density at radius 3 is 2.31 bits per heavy atom. The number of rotatable bonds is 2. The van der Waals surface area contributed by atoms with Crippen LogP contribution in [0.2, 0.25) is 0 Å². The highest BCUT2D eigenvalue weighted by atomic mass is 79.9. The Bertz CT molecular complexity index is 356. The highest BCUT2D eigenvalue weighted by Crippen LogP contribution is 2.29. The van der Waals surface area contributed by atoms with Crippen LogP contribution < -0.4 is 5.73 Å². The molecule has 0 aromatic heterocycles. The molecular weight excluding hydrogens is 313 g/mol. The van der Waals surface area contributed by atoms with E-state index in [9.17, 15) is 17.6 Å². The molecule has 0 saturated heterocycles. The van der Waals surface area contributed by atoms with Crippen LogP contribution in [0.3, 0.4) is 0 Å². The monoisotopic (exact) mass is 321 g/mol. The fraction of sp³-hybridized carbons (Fsp3) is 0.333. The van der Waals surface area contributed by atoms with E-state index in [1.165, 1.54) is 12.1 Å². The van der Waals surface area contributed by atoms with Crippen LogP contribution in [0.4, 0.5) is 17.6 Å². The second-order valence-corrected chi connectivity index (χ2v) is 3.95. The van der Waals surface area contributed by atoms with Crippen LogP contribution in [-0.2, 0) is 0 Å². The highest BCUT2D eigenvalue weighted by Gasteiger charge is 2.31. The molecule has 1 aromatic carbocycles. The van der Waals surface area contributed by atoms with Gasteiger partial charge in [0.1, 0.15) is 5.82 Å². The maximum absolute atomic E-state index is 12.8. The van der Waals surface area contributed by atoms with Gasteiger partial charge in [-0.05, 0) is 33.6 Å². The number of hydrogen-bond acceptors (Lipinski definition) is 1. The lowest BCUT2D eigenvalue weighted by Crippen LogP contribution is -2.20. The molecule has 0 saturated carbocycles. The Balaban J connectivity index is 0.00000225. The van der Waals surface area contributed by atoms with Gasteiger partial charge in [-0.25, -0.2) is 4.39 Å². The van der Waals surface area contributed by atoms with Crippen LogP contribution in [0.15, 0.2) is 22.7 Å². The summed E-state index contributed by atoms with van der Waals surface area (Å²) in [6, 6.07) is 2.42. The number of hydrogen-bond donors (Lipinski definition) is 1. The van der Waals surface area contributed by atoms with Crippen LogP contribution in [0.5, 0.6) is 0 Å². The first kappa shape index (κ1) is 15.7. The lowest BCUT2D eigenvalue weighted by molar-refractivity contribution is -0.138. The van der Waals surface area contributed by atoms with E-state index < -0.39 is 24.5 Å². The highest BCUT2D eigenvalue weighted by molar-refractivity contribution is 9.10. The quantitative estimate of drug-likeness (QED) is 0.819. The van der Waals surface area contributed by atoms with E-state index >= 15 is 0 Å². The predicted molar refractivity (Wildman–Crippen MR) is 58.9 cm³/mol. The lowest BCUT2D eigenvalue weighted by Gasteiger charge is -2.14. The van der Waals surface area contributed by atoms with Crippen LogP contribution in [0, 0.1) is 5.82 Å². The van der Waals surface area contributed by atoms with Gasteiger partial charge in [0.2, 0.25) is 0 Å². The molecule has 1 nitrogen and oxygen atoms in total. The number of alkyl halides is 3. The molecule has 1 atom stereocenters. The van der Waals surface area contributed by atoms with E-state index in [1.54, 1.807) is 0 Å². The molecular formula is C9H9BrClF4N. The molecule has 0 fully saturated rings. The standard InChI is InChI=1S/C9H8BrF4N.ClH/c10-6-3-5(1-2-7(6)11)8(15)4-9(12,13)14;/h1-3,8H,4,15H2;1H/t8-;/m0./s1. The first-order valence-electron chi connectivity index (χ1n) is 4.07. The third-order valence-electron chi connectivity index (χ3n) is 1.82. The Labute approximate surface area is 105 Å². The van der Waals surface area contributed by atoms with Crippen molar-refractivity contribution < 1.29 is 17.6 Å². The minimum Gasteiger partial charge on any atom is -0.324 e. The van der Waals surface area contributed by atoms with Gasteiger partial charge in [0.15, 0.2) is 0 Å². The van der Waals surface area contributed by atoms with Gasteiger partial charge in [-0.2, -0.15) is 13.2 Å². The van der Waals surface area contributed by atoms with Gasteiger partial charge in [0.25, 0.3) is 0 Å². The molecule has 0 amide bonds. The summed E-state index contributed by atoms with van der Waals surface area (Å²) >= 11 is 2.88. The summed E-state index contributed by atoms with van der Waals surface area (Å²) in [5, 5.41) is 0. The summed E-state index contributed by atoms with van der Waals surface area (Å²) in [6.45, 7) is 0. The first-order valence-corrected chi connectivity index (χ1v) is 4.86. The SMILES string of the molecule is Cl.N[C@@H](CC(F)(F)F)c1ccc(F)c(Br)c1. The minimum absolute atomic E-state index is 0. The van der Waals surface area contributed by atoms with E-state index in [-0.39, 0.29) is 22.4 Å². The number of halogens is 6. The molecule has 0 aliphatic rings. The van der Waals surface area contributed by atoms with Crippen LogP contribution in [-0.4, -0.2) is 6.18 Å². The van der Waals surface area contributed by atoms with Crippen LogP contribution in [0.25, 0.3) is 0 Å². The van der Waals surface area contributed by atoms with Crippen molar-refractivity contribution in [2.75, 3.05) is 0 Å². The summed E-state index contributed by atoms with van der Waals surface area (Å²) in [5.74, 6) is -0.530. The third-order valence-corrected chi connectivity index (χ3v) is 2.43. The van der Waals surface area contributed by atoms with E-state index in [0.29, 0.717) is 0 Å². The van der Waals surface area contributed by atoms with Gasteiger partial charge in [-0.3, -0.25) is 0 Å². The second-order valence-electron chi connectivity index (χ2n) is 3.10. The van der Waals surface area contributed by atoms with Crippen molar-refractivity contribution in [3.8, 4) is 0 Å². The average molecular weight is 323 g/mol. The van der Waals surface area contributed by atoms with Gasteiger partial charge < -0.3 is 5.73 Å². The zero-order chi connectivity index (χ0) is 11.6. The van der Waals surface area contributed by atoms with Crippen molar-refractivity contribution in [1.82, 2.24) is 0 Å². The smallest absolute Gasteiger partial charge is 0.324 e. The maximum Gasteiger partial charge on any atom is 0.390 e. The van der Waals surface area contributed by atoms with Crippen molar-refractivity contribution in [1.29, 1.82) is 0 Å². The topological polar surface area (TPSA) is 26.0 Å². The predicted octanol–water partition coefficient (Wildman–Crippen LogP) is 3.96. The van der Waals surface area contributed by atoms with Gasteiger partial charge >= 0.3 is 6.18 Å². The largest absolute Gasteiger partial charge is 0.390 e. The molecule has 1 rings (SSSR count). The van der Waals surface area contributed by atoms with Crippen molar-refractivity contribution in [2.24, 2.45) is 5.73 Å². The molecule has 1 aromatic rings. The Morgan fingerprint density at radius 2 is 1.88 bits per heavy atom. The zero-order valence-electron chi connectivity index (χ0n) is 7.89. The van der Waals surface area contributed by atoms with E-state index in [0.717, 1.165) is 6.07 Å². The summed E-state index contributed by atoms with van der Waals surface area (Å²) in [7, 11) is 0. The van der Waals surface area contributed by atoms with Gasteiger partial charge in [-0.1, -0.05) is 6.07 Å². The molecule has 0 radical (unpaired) electrons.